The maximum absolute atomic E-state index is 4.03. The van der Waals surface area contributed by atoms with E-state index >= 15 is 0 Å². The summed E-state index contributed by atoms with van der Waals surface area (Å²) in [6, 6.07) is 0. The minimum absolute atomic E-state index is 0.932. The number of hydrogen-bond donors (Lipinski definition) is 3. The molecule has 0 radical (unpaired) electrons. The van der Waals surface area contributed by atoms with Crippen molar-refractivity contribution in [2.75, 3.05) is 23.7 Å². The highest BCUT2D eigenvalue weighted by atomic mass is 15.2. The Labute approximate surface area is 52.7 Å². The van der Waals surface area contributed by atoms with Gasteiger partial charge in [-0.2, -0.15) is 0 Å². The van der Waals surface area contributed by atoms with E-state index < -0.39 is 0 Å². The summed E-state index contributed by atoms with van der Waals surface area (Å²) >= 11 is 0. The Morgan fingerprint density at radius 3 is 3.11 bits per heavy atom. The molecule has 3 N–H and O–H groups in total. The van der Waals surface area contributed by atoms with Crippen LogP contribution in [0, 0.1) is 0 Å². The molecule has 0 amide bonds. The van der Waals surface area contributed by atoms with Crippen LogP contribution in [0.1, 0.15) is 0 Å². The Kier molecular flexibility index (Phi) is 0.855. The average Bonchev–Trinajstić information content (AvgIpc) is 2.33. The van der Waals surface area contributed by atoms with E-state index in [1.807, 2.05) is 0 Å². The van der Waals surface area contributed by atoms with Gasteiger partial charge in [0.2, 0.25) is 0 Å². The zero-order valence-electron chi connectivity index (χ0n) is 4.94. The molecule has 0 fully saturated rings. The molecule has 0 bridgehead atoms. The quantitative estimate of drug-likeness (QED) is 0.464. The third-order valence-electron chi connectivity index (χ3n) is 1.36. The van der Waals surface area contributed by atoms with Gasteiger partial charge in [0.25, 0.3) is 0 Å². The number of rotatable bonds is 0. The first kappa shape index (κ1) is 4.67. The van der Waals surface area contributed by atoms with Gasteiger partial charge in [-0.1, -0.05) is 0 Å². The molecule has 1 aliphatic rings. The van der Waals surface area contributed by atoms with Crippen LogP contribution in [0.5, 0.6) is 0 Å². The number of imidazole rings is 1. The largest absolute Gasteiger partial charge is 0.367 e. The standard InChI is InChI=1S/C5H8N4/c1-2-7-5-4(6-1)8-3-9-5/h3,6-7H,1-2H2,(H,8,9). The lowest BCUT2D eigenvalue weighted by atomic mass is 10.4. The summed E-state index contributed by atoms with van der Waals surface area (Å²) in [6.07, 6.45) is 1.68. The van der Waals surface area contributed by atoms with E-state index in [4.69, 9.17) is 0 Å². The first-order valence-corrected chi connectivity index (χ1v) is 2.98. The van der Waals surface area contributed by atoms with Gasteiger partial charge in [-0.3, -0.25) is 0 Å². The lowest BCUT2D eigenvalue weighted by molar-refractivity contribution is 1.03. The Hall–Kier alpha value is -1.19. The van der Waals surface area contributed by atoms with Crippen LogP contribution in [0.15, 0.2) is 6.33 Å². The van der Waals surface area contributed by atoms with Gasteiger partial charge in [0.05, 0.1) is 6.33 Å². The van der Waals surface area contributed by atoms with Crippen LogP contribution in [0.2, 0.25) is 0 Å². The number of nitrogens with zero attached hydrogens (tertiary/aromatic N) is 1. The molecule has 1 aromatic rings. The van der Waals surface area contributed by atoms with E-state index in [1.54, 1.807) is 6.33 Å². The van der Waals surface area contributed by atoms with Crippen LogP contribution >= 0.6 is 0 Å². The Balaban J connectivity index is 2.39. The van der Waals surface area contributed by atoms with Gasteiger partial charge in [0.1, 0.15) is 5.82 Å². The molecule has 0 atom stereocenters. The summed E-state index contributed by atoms with van der Waals surface area (Å²) in [7, 11) is 0. The molecule has 0 saturated carbocycles. The average molecular weight is 124 g/mol. The molecule has 2 rings (SSSR count). The molecule has 4 nitrogen and oxygen atoms in total. The molecule has 0 aliphatic carbocycles. The van der Waals surface area contributed by atoms with Gasteiger partial charge >= 0.3 is 0 Å². The van der Waals surface area contributed by atoms with Crippen molar-refractivity contribution in [2.24, 2.45) is 0 Å². The molecule has 2 heterocycles. The fourth-order valence-electron chi connectivity index (χ4n) is 0.931. The molecule has 1 aromatic heterocycles. The Morgan fingerprint density at radius 1 is 1.33 bits per heavy atom. The predicted molar refractivity (Wildman–Crippen MR) is 35.6 cm³/mol. The fourth-order valence-corrected chi connectivity index (χ4v) is 0.931. The molecular weight excluding hydrogens is 116 g/mol. The van der Waals surface area contributed by atoms with Crippen molar-refractivity contribution in [1.82, 2.24) is 9.97 Å². The number of anilines is 2. The van der Waals surface area contributed by atoms with Crippen LogP contribution < -0.4 is 10.6 Å². The van der Waals surface area contributed by atoms with Crippen LogP contribution in [0.3, 0.4) is 0 Å². The van der Waals surface area contributed by atoms with Crippen molar-refractivity contribution in [3.63, 3.8) is 0 Å². The molecule has 9 heavy (non-hydrogen) atoms. The van der Waals surface area contributed by atoms with Crippen LogP contribution in [-0.2, 0) is 0 Å². The van der Waals surface area contributed by atoms with Gasteiger partial charge in [-0.15, -0.1) is 0 Å². The first-order chi connectivity index (χ1) is 4.47. The second kappa shape index (κ2) is 1.65. The van der Waals surface area contributed by atoms with Crippen molar-refractivity contribution >= 4 is 11.6 Å². The van der Waals surface area contributed by atoms with Gasteiger partial charge in [0.15, 0.2) is 5.82 Å². The minimum atomic E-state index is 0.932. The molecule has 0 saturated heterocycles. The number of aromatic amines is 1. The van der Waals surface area contributed by atoms with Crippen molar-refractivity contribution < 1.29 is 0 Å². The van der Waals surface area contributed by atoms with Gasteiger partial charge < -0.3 is 15.6 Å². The second-order valence-corrected chi connectivity index (χ2v) is 1.98. The molecule has 48 valence electrons. The van der Waals surface area contributed by atoms with E-state index in [9.17, 15) is 0 Å². The third-order valence-corrected chi connectivity index (χ3v) is 1.36. The number of fused-ring (bicyclic) bond motifs is 1. The number of nitrogens with one attached hydrogen (secondary N) is 3. The van der Waals surface area contributed by atoms with E-state index in [1.165, 1.54) is 0 Å². The topological polar surface area (TPSA) is 52.7 Å². The Bertz CT molecular complexity index is 184. The third kappa shape index (κ3) is 0.630. The lowest BCUT2D eigenvalue weighted by Crippen LogP contribution is -2.20. The van der Waals surface area contributed by atoms with E-state index in [2.05, 4.69) is 20.6 Å². The lowest BCUT2D eigenvalue weighted by Gasteiger charge is -2.13. The summed E-state index contributed by atoms with van der Waals surface area (Å²) in [5.41, 5.74) is 0. The van der Waals surface area contributed by atoms with E-state index in [0.717, 1.165) is 24.7 Å². The number of H-pyrrole nitrogens is 1. The highest BCUT2D eigenvalue weighted by Gasteiger charge is 2.07. The molecule has 4 heteroatoms. The smallest absolute Gasteiger partial charge is 0.168 e. The highest BCUT2D eigenvalue weighted by molar-refractivity contribution is 5.61. The van der Waals surface area contributed by atoms with Gasteiger partial charge in [-0.05, 0) is 0 Å². The summed E-state index contributed by atoms with van der Waals surface area (Å²) in [5.74, 6) is 1.93. The highest BCUT2D eigenvalue weighted by Crippen LogP contribution is 2.16. The van der Waals surface area contributed by atoms with E-state index in [0.29, 0.717) is 0 Å². The summed E-state index contributed by atoms with van der Waals surface area (Å²) in [6.45, 7) is 1.92. The van der Waals surface area contributed by atoms with Crippen molar-refractivity contribution in [3.8, 4) is 0 Å². The zero-order chi connectivity index (χ0) is 6.10. The number of hydrogen-bond acceptors (Lipinski definition) is 3. The minimum Gasteiger partial charge on any atom is -0.367 e. The monoisotopic (exact) mass is 124 g/mol. The molecular formula is C5H8N4. The summed E-state index contributed by atoms with van der Waals surface area (Å²) < 4.78 is 0. The summed E-state index contributed by atoms with van der Waals surface area (Å²) in [4.78, 5) is 7.00. The van der Waals surface area contributed by atoms with Crippen molar-refractivity contribution in [2.45, 2.75) is 0 Å². The SMILES string of the molecule is c1nc2c([nH]1)NCCN2. The molecule has 1 aliphatic heterocycles. The van der Waals surface area contributed by atoms with Crippen molar-refractivity contribution in [3.05, 3.63) is 6.33 Å². The maximum Gasteiger partial charge on any atom is 0.168 e. The van der Waals surface area contributed by atoms with E-state index in [-0.39, 0.29) is 0 Å². The summed E-state index contributed by atoms with van der Waals surface area (Å²) in [5, 5.41) is 6.30. The maximum atomic E-state index is 4.03. The zero-order valence-corrected chi connectivity index (χ0v) is 4.94. The predicted octanol–water partition coefficient (Wildman–Crippen LogP) is 0.247. The fraction of sp³-hybridized carbons (Fsp3) is 0.400. The van der Waals surface area contributed by atoms with Gasteiger partial charge in [0, 0.05) is 13.1 Å². The normalized spacial score (nSPS) is 15.6. The molecule has 0 spiro atoms. The van der Waals surface area contributed by atoms with Crippen LogP contribution in [-0.4, -0.2) is 23.1 Å². The van der Waals surface area contributed by atoms with Crippen LogP contribution in [0.4, 0.5) is 11.6 Å². The van der Waals surface area contributed by atoms with Crippen molar-refractivity contribution in [1.29, 1.82) is 0 Å². The first-order valence-electron chi connectivity index (χ1n) is 2.98. The van der Waals surface area contributed by atoms with Crippen LogP contribution in [0.25, 0.3) is 0 Å². The molecule has 0 unspecified atom stereocenters. The Morgan fingerprint density at radius 2 is 2.22 bits per heavy atom. The number of aromatic nitrogens is 2. The second-order valence-electron chi connectivity index (χ2n) is 1.98. The molecule has 0 aromatic carbocycles. The van der Waals surface area contributed by atoms with Gasteiger partial charge in [-0.25, -0.2) is 4.98 Å².